The summed E-state index contributed by atoms with van der Waals surface area (Å²) in [6.07, 6.45) is 3.76. The van der Waals surface area contributed by atoms with Crippen molar-refractivity contribution in [1.29, 1.82) is 0 Å². The number of nitrogens with zero attached hydrogens (tertiary/aromatic N) is 2. The molecule has 4 atom stereocenters. The average Bonchev–Trinajstić information content (AvgIpc) is 3.48. The highest BCUT2D eigenvalue weighted by Gasteiger charge is 2.57. The number of aliphatic hydroxyl groups is 1. The summed E-state index contributed by atoms with van der Waals surface area (Å²) in [5, 5.41) is 14.4. The first-order valence-electron chi connectivity index (χ1n) is 12.6. The van der Waals surface area contributed by atoms with Crippen molar-refractivity contribution in [3.63, 3.8) is 0 Å². The fourth-order valence-corrected chi connectivity index (χ4v) is 8.27. The first-order chi connectivity index (χ1) is 18.4. The summed E-state index contributed by atoms with van der Waals surface area (Å²) in [5.41, 5.74) is 0.888. The molecule has 2 saturated carbocycles. The molecule has 13 heteroatoms. The highest BCUT2D eigenvalue weighted by atomic mass is 32.2. The highest BCUT2D eigenvalue weighted by Crippen LogP contribution is 2.55. The van der Waals surface area contributed by atoms with Gasteiger partial charge in [0.05, 0.1) is 19.1 Å². The molecule has 1 amide bonds. The average molecular weight is 573 g/mol. The number of amides is 1. The SMILES string of the molecule is COc1cccc(CN2C(=O)C(C3=NS(=O)(=O)c4cc(NS(C)(=O)=O)ccc4N3)=C(O)[C@@H]3[C@@H]4CC[C@@H](C4)[C@@H]32)c1. The minimum Gasteiger partial charge on any atom is -0.511 e. The normalized spacial score (nSPS) is 27.0. The summed E-state index contributed by atoms with van der Waals surface area (Å²) in [4.78, 5) is 15.5. The van der Waals surface area contributed by atoms with Gasteiger partial charge in [0.15, 0.2) is 5.84 Å². The first-order valence-corrected chi connectivity index (χ1v) is 15.9. The Kier molecular flexibility index (Phi) is 5.92. The van der Waals surface area contributed by atoms with Crippen LogP contribution in [0.1, 0.15) is 24.8 Å². The van der Waals surface area contributed by atoms with E-state index in [0.717, 1.165) is 37.1 Å². The van der Waals surface area contributed by atoms with Crippen LogP contribution in [-0.2, 0) is 31.4 Å². The van der Waals surface area contributed by atoms with Crippen LogP contribution in [0.5, 0.6) is 5.75 Å². The van der Waals surface area contributed by atoms with Crippen molar-refractivity contribution in [3.05, 3.63) is 59.4 Å². The molecular weight excluding hydrogens is 544 g/mol. The zero-order valence-corrected chi connectivity index (χ0v) is 22.9. The van der Waals surface area contributed by atoms with Crippen molar-refractivity contribution in [2.24, 2.45) is 22.2 Å². The van der Waals surface area contributed by atoms with E-state index in [4.69, 9.17) is 4.74 Å². The van der Waals surface area contributed by atoms with Gasteiger partial charge in [-0.2, -0.15) is 8.42 Å². The molecule has 0 saturated heterocycles. The number of amidine groups is 1. The number of carbonyl (C=O) groups is 1. The molecule has 2 aromatic carbocycles. The van der Waals surface area contributed by atoms with Gasteiger partial charge >= 0.3 is 0 Å². The van der Waals surface area contributed by atoms with E-state index in [0.29, 0.717) is 5.75 Å². The number of fused-ring (bicyclic) bond motifs is 6. The third kappa shape index (κ3) is 4.42. The molecule has 4 aliphatic rings. The van der Waals surface area contributed by atoms with Crippen molar-refractivity contribution in [3.8, 4) is 5.75 Å². The predicted octanol–water partition coefficient (Wildman–Crippen LogP) is 2.85. The topological polar surface area (TPSA) is 154 Å². The van der Waals surface area contributed by atoms with Crippen molar-refractivity contribution in [2.75, 3.05) is 23.4 Å². The lowest BCUT2D eigenvalue weighted by Crippen LogP contribution is -2.53. The summed E-state index contributed by atoms with van der Waals surface area (Å²) in [6.45, 7) is 0.272. The molecule has 11 nitrogen and oxygen atoms in total. The highest BCUT2D eigenvalue weighted by molar-refractivity contribution is 7.92. The summed E-state index contributed by atoms with van der Waals surface area (Å²) in [7, 11) is -6.39. The number of benzene rings is 2. The zero-order chi connectivity index (χ0) is 27.7. The molecule has 3 N–H and O–H groups in total. The predicted molar refractivity (Wildman–Crippen MR) is 144 cm³/mol. The van der Waals surface area contributed by atoms with Gasteiger partial charge in [0, 0.05) is 24.2 Å². The lowest BCUT2D eigenvalue weighted by Gasteiger charge is -2.44. The molecule has 0 aromatic heterocycles. The lowest BCUT2D eigenvalue weighted by molar-refractivity contribution is -0.134. The van der Waals surface area contributed by atoms with Gasteiger partial charge in [-0.3, -0.25) is 9.52 Å². The maximum atomic E-state index is 14.0. The Balaban J connectivity index is 1.41. The largest absolute Gasteiger partial charge is 0.511 e. The van der Waals surface area contributed by atoms with E-state index in [2.05, 4.69) is 14.4 Å². The van der Waals surface area contributed by atoms with E-state index in [1.807, 2.05) is 24.3 Å². The number of sulfonamides is 2. The van der Waals surface area contributed by atoms with Gasteiger partial charge < -0.3 is 20.1 Å². The van der Waals surface area contributed by atoms with Crippen molar-refractivity contribution in [1.82, 2.24) is 4.90 Å². The Hall–Kier alpha value is -3.58. The van der Waals surface area contributed by atoms with Gasteiger partial charge in [-0.1, -0.05) is 12.1 Å². The van der Waals surface area contributed by atoms with Crippen LogP contribution in [0.15, 0.2) is 63.1 Å². The van der Waals surface area contributed by atoms with Crippen LogP contribution in [0.3, 0.4) is 0 Å². The van der Waals surface area contributed by atoms with Crippen LogP contribution in [0.25, 0.3) is 0 Å². The Morgan fingerprint density at radius 1 is 1.18 bits per heavy atom. The van der Waals surface area contributed by atoms with E-state index >= 15 is 0 Å². The summed E-state index contributed by atoms with van der Waals surface area (Å²) >= 11 is 0. The van der Waals surface area contributed by atoms with Gasteiger partial charge in [0.25, 0.3) is 15.9 Å². The molecule has 2 aliphatic carbocycles. The summed E-state index contributed by atoms with van der Waals surface area (Å²) in [5.74, 6) is -0.0735. The molecule has 2 fully saturated rings. The number of rotatable bonds is 6. The van der Waals surface area contributed by atoms with Crippen LogP contribution in [0, 0.1) is 17.8 Å². The molecule has 0 radical (unpaired) electrons. The number of anilines is 2. The van der Waals surface area contributed by atoms with E-state index in [1.54, 1.807) is 12.0 Å². The van der Waals surface area contributed by atoms with E-state index in [-0.39, 0.29) is 63.8 Å². The Labute approximate surface area is 226 Å². The second-order valence-corrected chi connectivity index (χ2v) is 13.8. The van der Waals surface area contributed by atoms with Crippen LogP contribution >= 0.6 is 0 Å². The Morgan fingerprint density at radius 2 is 1.95 bits per heavy atom. The van der Waals surface area contributed by atoms with Crippen LogP contribution < -0.4 is 14.8 Å². The lowest BCUT2D eigenvalue weighted by atomic mass is 9.77. The monoisotopic (exact) mass is 572 g/mol. The minimum atomic E-state index is -4.33. The zero-order valence-electron chi connectivity index (χ0n) is 21.3. The maximum absolute atomic E-state index is 14.0. The third-order valence-electron chi connectivity index (χ3n) is 8.03. The number of methoxy groups -OCH3 is 1. The Morgan fingerprint density at radius 3 is 2.69 bits per heavy atom. The standard InChI is InChI=1S/C26H28N4O7S2/c1-37-18-5-3-4-14(10-18)13-30-23-16-7-6-15(11-16)21(23)24(31)22(26(30)32)25-27-19-9-8-17(28-38(2,33)34)12-20(19)39(35,36)29-25/h3-5,8-10,12,15-16,21,23,28,31H,6-7,11,13H2,1-2H3,(H,27,29)/t15-,16+,21-,23+/m1/s1. The Bertz CT molecular complexity index is 1670. The molecule has 0 unspecified atom stereocenters. The van der Waals surface area contributed by atoms with Crippen LogP contribution in [0.4, 0.5) is 11.4 Å². The second kappa shape index (κ2) is 8.98. The minimum absolute atomic E-state index is 0.0605. The first kappa shape index (κ1) is 25.7. The molecule has 2 bridgehead atoms. The molecule has 2 aromatic rings. The number of hydrogen-bond donors (Lipinski definition) is 3. The number of ether oxygens (including phenoxy) is 1. The van der Waals surface area contributed by atoms with Gasteiger partial charge in [0.1, 0.15) is 22.0 Å². The number of nitrogens with one attached hydrogen (secondary N) is 2. The molecule has 206 valence electrons. The fourth-order valence-electron chi connectivity index (χ4n) is 6.56. The van der Waals surface area contributed by atoms with E-state index < -0.39 is 26.0 Å². The number of carbonyl (C=O) groups excluding carboxylic acids is 1. The van der Waals surface area contributed by atoms with E-state index in [1.165, 1.54) is 12.1 Å². The summed E-state index contributed by atoms with van der Waals surface area (Å²) < 4.78 is 61.1. The third-order valence-corrected chi connectivity index (χ3v) is 9.95. The van der Waals surface area contributed by atoms with Gasteiger partial charge in [-0.15, -0.1) is 4.40 Å². The number of hydrogen-bond acceptors (Lipinski definition) is 8. The maximum Gasteiger partial charge on any atom is 0.286 e. The van der Waals surface area contributed by atoms with Crippen LogP contribution in [-0.4, -0.2) is 58.0 Å². The van der Waals surface area contributed by atoms with Gasteiger partial charge in [-0.25, -0.2) is 8.42 Å². The van der Waals surface area contributed by atoms with Crippen molar-refractivity contribution >= 4 is 43.2 Å². The van der Waals surface area contributed by atoms with Gasteiger partial charge in [-0.05, 0) is 67.0 Å². The fraction of sp³-hybridized carbons (Fsp3) is 0.385. The molecule has 6 rings (SSSR count). The molecule has 39 heavy (non-hydrogen) atoms. The van der Waals surface area contributed by atoms with Crippen LogP contribution in [0.2, 0.25) is 0 Å². The van der Waals surface area contributed by atoms with Crippen molar-refractivity contribution in [2.45, 2.75) is 36.7 Å². The molecule has 2 heterocycles. The molecule has 2 aliphatic heterocycles. The second-order valence-electron chi connectivity index (χ2n) is 10.5. The molecular formula is C26H28N4O7S2. The summed E-state index contributed by atoms with van der Waals surface area (Å²) in [6, 6.07) is 11.2. The van der Waals surface area contributed by atoms with E-state index in [9.17, 15) is 26.7 Å². The van der Waals surface area contributed by atoms with Gasteiger partial charge in [0.2, 0.25) is 10.0 Å². The quantitative estimate of drug-likeness (QED) is 0.477. The molecule has 0 spiro atoms. The van der Waals surface area contributed by atoms with Crippen molar-refractivity contribution < 1.29 is 31.5 Å². The number of aliphatic hydroxyl groups excluding tert-OH is 1. The smallest absolute Gasteiger partial charge is 0.286 e.